The molecule has 0 atom stereocenters. The van der Waals surface area contributed by atoms with Crippen molar-refractivity contribution < 1.29 is 9.84 Å². The van der Waals surface area contributed by atoms with E-state index in [0.717, 1.165) is 24.8 Å². The van der Waals surface area contributed by atoms with Crippen LogP contribution in [-0.2, 0) is 6.42 Å². The third-order valence-corrected chi connectivity index (χ3v) is 2.19. The Morgan fingerprint density at radius 2 is 2.07 bits per heavy atom. The fraction of sp³-hybridized carbons (Fsp3) is 0.385. The first kappa shape index (κ1) is 11.6. The van der Waals surface area contributed by atoms with Gasteiger partial charge in [-0.05, 0) is 37.0 Å². The van der Waals surface area contributed by atoms with E-state index in [1.807, 2.05) is 6.07 Å². The number of allylic oxidation sites excluding steroid dienone is 2. The molecule has 0 saturated carbocycles. The van der Waals surface area contributed by atoms with E-state index in [1.165, 1.54) is 0 Å². The molecule has 1 rings (SSSR count). The number of benzene rings is 1. The van der Waals surface area contributed by atoms with Gasteiger partial charge >= 0.3 is 0 Å². The lowest BCUT2D eigenvalue weighted by molar-refractivity contribution is 0.407. The van der Waals surface area contributed by atoms with Crippen LogP contribution in [0.3, 0.4) is 0 Å². The van der Waals surface area contributed by atoms with E-state index < -0.39 is 0 Å². The van der Waals surface area contributed by atoms with Crippen molar-refractivity contribution in [3.63, 3.8) is 0 Å². The van der Waals surface area contributed by atoms with Crippen molar-refractivity contribution in [3.05, 3.63) is 35.9 Å². The minimum Gasteiger partial charge on any atom is -0.508 e. The molecule has 0 heterocycles. The Balaban J connectivity index is 2.60. The smallest absolute Gasteiger partial charge is 0.122 e. The largest absolute Gasteiger partial charge is 0.508 e. The Labute approximate surface area is 91.2 Å². The van der Waals surface area contributed by atoms with Crippen LogP contribution < -0.4 is 4.74 Å². The van der Waals surface area contributed by atoms with Gasteiger partial charge in [0.1, 0.15) is 11.5 Å². The fourth-order valence-electron chi connectivity index (χ4n) is 1.44. The van der Waals surface area contributed by atoms with Gasteiger partial charge in [0, 0.05) is 6.07 Å². The first-order valence-electron chi connectivity index (χ1n) is 5.28. The van der Waals surface area contributed by atoms with Gasteiger partial charge in [0.25, 0.3) is 0 Å². The van der Waals surface area contributed by atoms with Crippen molar-refractivity contribution in [3.8, 4) is 11.5 Å². The second-order valence-corrected chi connectivity index (χ2v) is 3.46. The minimum atomic E-state index is 0.267. The van der Waals surface area contributed by atoms with Gasteiger partial charge in [-0.1, -0.05) is 19.1 Å². The molecule has 82 valence electrons. The topological polar surface area (TPSA) is 29.5 Å². The average Bonchev–Trinajstić information content (AvgIpc) is 2.23. The summed E-state index contributed by atoms with van der Waals surface area (Å²) in [7, 11) is 1.61. The normalized spacial score (nSPS) is 10.8. The molecule has 0 saturated heterocycles. The molecule has 1 aromatic rings. The number of ether oxygens (including phenoxy) is 1. The molecular formula is C13H18O2. The van der Waals surface area contributed by atoms with Gasteiger partial charge in [0.15, 0.2) is 0 Å². The number of methoxy groups -OCH3 is 1. The van der Waals surface area contributed by atoms with E-state index >= 15 is 0 Å². The Bertz CT molecular complexity index is 329. The number of hydrogen-bond acceptors (Lipinski definition) is 2. The van der Waals surface area contributed by atoms with Crippen molar-refractivity contribution in [2.24, 2.45) is 0 Å². The van der Waals surface area contributed by atoms with Crippen LogP contribution in [0.25, 0.3) is 0 Å². The van der Waals surface area contributed by atoms with Gasteiger partial charge in [0.2, 0.25) is 0 Å². The van der Waals surface area contributed by atoms with E-state index in [9.17, 15) is 5.11 Å². The number of aromatic hydroxyl groups is 1. The summed E-state index contributed by atoms with van der Waals surface area (Å²) >= 11 is 0. The van der Waals surface area contributed by atoms with Gasteiger partial charge in [-0.2, -0.15) is 0 Å². The monoisotopic (exact) mass is 206 g/mol. The molecule has 2 nitrogen and oxygen atoms in total. The lowest BCUT2D eigenvalue weighted by atomic mass is 10.1. The third-order valence-electron chi connectivity index (χ3n) is 2.19. The van der Waals surface area contributed by atoms with Crippen LogP contribution in [0.4, 0.5) is 0 Å². The van der Waals surface area contributed by atoms with E-state index in [0.29, 0.717) is 5.75 Å². The molecule has 0 aliphatic rings. The molecule has 0 aromatic heterocycles. The zero-order chi connectivity index (χ0) is 11.1. The molecule has 0 aliphatic heterocycles. The molecule has 0 spiro atoms. The number of aryl methyl sites for hydroxylation is 1. The molecule has 1 N–H and O–H groups in total. The van der Waals surface area contributed by atoms with E-state index in [1.54, 1.807) is 19.2 Å². The Morgan fingerprint density at radius 1 is 1.27 bits per heavy atom. The van der Waals surface area contributed by atoms with Crippen molar-refractivity contribution in [1.82, 2.24) is 0 Å². The summed E-state index contributed by atoms with van der Waals surface area (Å²) in [6.07, 6.45) is 7.32. The van der Waals surface area contributed by atoms with Crippen LogP contribution in [0.5, 0.6) is 11.5 Å². The van der Waals surface area contributed by atoms with E-state index in [2.05, 4.69) is 19.1 Å². The predicted molar refractivity (Wildman–Crippen MR) is 62.4 cm³/mol. The maximum absolute atomic E-state index is 9.43. The molecule has 1 aromatic carbocycles. The van der Waals surface area contributed by atoms with Gasteiger partial charge in [-0.3, -0.25) is 0 Å². The van der Waals surface area contributed by atoms with Crippen LogP contribution in [-0.4, -0.2) is 12.2 Å². The highest BCUT2D eigenvalue weighted by atomic mass is 16.5. The molecule has 15 heavy (non-hydrogen) atoms. The maximum Gasteiger partial charge on any atom is 0.122 e. The number of phenolic OH excluding ortho intramolecular Hbond substituents is 1. The van der Waals surface area contributed by atoms with Crippen LogP contribution in [0.15, 0.2) is 30.4 Å². The molecule has 0 amide bonds. The quantitative estimate of drug-likeness (QED) is 0.749. The highest BCUT2D eigenvalue weighted by Crippen LogP contribution is 2.22. The first-order valence-corrected chi connectivity index (χ1v) is 5.28. The summed E-state index contributed by atoms with van der Waals surface area (Å²) < 4.78 is 5.09. The third kappa shape index (κ3) is 4.07. The molecule has 0 aliphatic carbocycles. The molecule has 0 unspecified atom stereocenters. The highest BCUT2D eigenvalue weighted by molar-refractivity contribution is 5.37. The van der Waals surface area contributed by atoms with E-state index in [-0.39, 0.29) is 5.75 Å². The van der Waals surface area contributed by atoms with Gasteiger partial charge in [0.05, 0.1) is 7.11 Å². The van der Waals surface area contributed by atoms with Gasteiger partial charge in [-0.25, -0.2) is 0 Å². The summed E-state index contributed by atoms with van der Waals surface area (Å²) in [5, 5.41) is 9.43. The summed E-state index contributed by atoms with van der Waals surface area (Å²) in [6, 6.07) is 5.35. The molecule has 0 fully saturated rings. The van der Waals surface area contributed by atoms with Crippen LogP contribution in [0.1, 0.15) is 25.3 Å². The Kier molecular flexibility index (Phi) is 4.75. The second kappa shape index (κ2) is 6.12. The second-order valence-electron chi connectivity index (χ2n) is 3.46. The molecule has 2 heteroatoms. The Hall–Kier alpha value is -1.44. The van der Waals surface area contributed by atoms with E-state index in [4.69, 9.17) is 4.74 Å². The number of rotatable bonds is 5. The molecule has 0 bridgehead atoms. The van der Waals surface area contributed by atoms with Crippen LogP contribution in [0, 0.1) is 0 Å². The van der Waals surface area contributed by atoms with Crippen molar-refractivity contribution in [2.45, 2.75) is 26.2 Å². The summed E-state index contributed by atoms with van der Waals surface area (Å²) in [4.78, 5) is 0. The lowest BCUT2D eigenvalue weighted by Gasteiger charge is -2.04. The summed E-state index contributed by atoms with van der Waals surface area (Å²) in [5.41, 5.74) is 1.10. The lowest BCUT2D eigenvalue weighted by Crippen LogP contribution is -1.87. The predicted octanol–water partition coefficient (Wildman–Crippen LogP) is 3.30. The Morgan fingerprint density at radius 3 is 2.73 bits per heavy atom. The van der Waals surface area contributed by atoms with Crippen LogP contribution in [0.2, 0.25) is 0 Å². The van der Waals surface area contributed by atoms with Gasteiger partial charge < -0.3 is 9.84 Å². The fourth-order valence-corrected chi connectivity index (χ4v) is 1.44. The summed E-state index contributed by atoms with van der Waals surface area (Å²) in [6.45, 7) is 2.12. The summed E-state index contributed by atoms with van der Waals surface area (Å²) in [5.74, 6) is 0.980. The number of phenols is 1. The minimum absolute atomic E-state index is 0.267. The average molecular weight is 206 g/mol. The molecule has 0 radical (unpaired) electrons. The standard InChI is InChI=1S/C13H18O2/c1-3-4-5-6-7-11-8-12(14)10-13(9-11)15-2/h4-5,8-10,14H,3,6-7H2,1-2H3. The first-order chi connectivity index (χ1) is 7.26. The zero-order valence-corrected chi connectivity index (χ0v) is 9.36. The SMILES string of the molecule is CCC=CCCc1cc(O)cc(OC)c1. The maximum atomic E-state index is 9.43. The van der Waals surface area contributed by atoms with Crippen molar-refractivity contribution in [2.75, 3.05) is 7.11 Å². The van der Waals surface area contributed by atoms with Crippen molar-refractivity contribution in [1.29, 1.82) is 0 Å². The number of hydrogen-bond donors (Lipinski definition) is 1. The van der Waals surface area contributed by atoms with Crippen LogP contribution >= 0.6 is 0 Å². The van der Waals surface area contributed by atoms with Crippen molar-refractivity contribution >= 4 is 0 Å². The zero-order valence-electron chi connectivity index (χ0n) is 9.36. The highest BCUT2D eigenvalue weighted by Gasteiger charge is 1.99. The van der Waals surface area contributed by atoms with Gasteiger partial charge in [-0.15, -0.1) is 0 Å². The molecular weight excluding hydrogens is 188 g/mol.